The van der Waals surface area contributed by atoms with Crippen LogP contribution in [0.3, 0.4) is 0 Å². The van der Waals surface area contributed by atoms with Gasteiger partial charge in [-0.1, -0.05) is 24.3 Å². The Kier molecular flexibility index (Phi) is 11.1. The summed E-state index contributed by atoms with van der Waals surface area (Å²) in [6.45, 7) is -0.242. The molecule has 15 heteroatoms. The highest BCUT2D eigenvalue weighted by Crippen LogP contribution is 2.59. The molecule has 1 aromatic rings. The molecule has 6 aliphatic rings. The van der Waals surface area contributed by atoms with E-state index in [9.17, 15) is 34.8 Å². The van der Waals surface area contributed by atoms with Crippen molar-refractivity contribution in [3.63, 3.8) is 0 Å². The lowest BCUT2D eigenvalue weighted by molar-refractivity contribution is -0.298. The van der Waals surface area contributed by atoms with Crippen LogP contribution in [0, 0.1) is 11.8 Å². The summed E-state index contributed by atoms with van der Waals surface area (Å²) < 4.78 is 30.3. The van der Waals surface area contributed by atoms with Crippen LogP contribution in [0.2, 0.25) is 0 Å². The number of rotatable bonds is 13. The molecule has 52 heavy (non-hydrogen) atoms. The van der Waals surface area contributed by atoms with E-state index in [0.29, 0.717) is 30.5 Å². The van der Waals surface area contributed by atoms with Crippen LogP contribution in [0.5, 0.6) is 0 Å². The predicted octanol–water partition coefficient (Wildman–Crippen LogP) is -0.228. The molecule has 0 radical (unpaired) electrons. The van der Waals surface area contributed by atoms with Gasteiger partial charge < -0.3 is 59.4 Å². The predicted molar refractivity (Wildman–Crippen MR) is 180 cm³/mol. The van der Waals surface area contributed by atoms with Gasteiger partial charge in [0.1, 0.15) is 48.8 Å². The van der Waals surface area contributed by atoms with Crippen LogP contribution >= 0.6 is 0 Å². The van der Waals surface area contributed by atoms with Gasteiger partial charge >= 0.3 is 5.97 Å². The smallest absolute Gasteiger partial charge is 0.338 e. The second-order valence-electron chi connectivity index (χ2n) is 14.5. The first-order chi connectivity index (χ1) is 25.1. The molecule has 3 heterocycles. The number of amides is 2. The molecule has 284 valence electrons. The topological polar surface area (TPSA) is 214 Å². The Morgan fingerprint density at radius 3 is 2.37 bits per heavy atom. The fourth-order valence-corrected chi connectivity index (χ4v) is 7.80. The number of hydrogen-bond donors (Lipinski definition) is 6. The molecule has 9 atom stereocenters. The van der Waals surface area contributed by atoms with Crippen molar-refractivity contribution in [3.8, 4) is 0 Å². The number of carbonyl (C=O) groups excluding carboxylic acids is 3. The quantitative estimate of drug-likeness (QED) is 0.145. The van der Waals surface area contributed by atoms with Crippen molar-refractivity contribution < 1.29 is 63.6 Å². The van der Waals surface area contributed by atoms with E-state index in [0.717, 1.165) is 31.2 Å². The highest BCUT2D eigenvalue weighted by atomic mass is 16.8. The van der Waals surface area contributed by atoms with Crippen LogP contribution in [0.25, 0.3) is 6.08 Å². The van der Waals surface area contributed by atoms with E-state index in [1.165, 1.54) is 0 Å². The molecule has 1 aromatic carbocycles. The number of nitrogens with one attached hydrogen (secondary N) is 1. The molecule has 5 fully saturated rings. The molecule has 2 saturated carbocycles. The number of hydrogen-bond acceptors (Lipinski definition) is 13. The van der Waals surface area contributed by atoms with Crippen molar-refractivity contribution in [1.29, 1.82) is 0 Å². The van der Waals surface area contributed by atoms with Gasteiger partial charge in [-0.3, -0.25) is 9.59 Å². The number of aliphatic hydroxyl groups is 5. The fourth-order valence-electron chi connectivity index (χ4n) is 7.80. The van der Waals surface area contributed by atoms with Crippen molar-refractivity contribution in [2.24, 2.45) is 11.8 Å². The maximum absolute atomic E-state index is 14.0. The minimum absolute atomic E-state index is 0.0118. The Hall–Kier alpha value is -3.25. The van der Waals surface area contributed by atoms with E-state index >= 15 is 0 Å². The first-order valence-electron chi connectivity index (χ1n) is 18.3. The van der Waals surface area contributed by atoms with Crippen LogP contribution in [-0.2, 0) is 33.3 Å². The van der Waals surface area contributed by atoms with Gasteiger partial charge in [0.15, 0.2) is 12.1 Å². The van der Waals surface area contributed by atoms with E-state index in [1.807, 2.05) is 0 Å². The molecule has 15 nitrogen and oxygen atoms in total. The highest BCUT2D eigenvalue weighted by molar-refractivity contribution is 5.98. The molecular weight excluding hydrogens is 680 g/mol. The standard InChI is InChI=1S/C37H48N2O13/c40-15-13-38-33(45)25-4-1-14-39(25)34(46)22-17-26(32-27(18-22)51-37(52-32,23-9-10-23)24-11-12-24)49-35(47)21-7-5-20(6-8-21)3-2-16-48-36-31(44)30(43)29(42)28(19-41)50-36/h2-3,5-8,18,23-32,36,40-44H,1,4,9-17,19H2,(H,38,45). The lowest BCUT2D eigenvalue weighted by atomic mass is 9.91. The zero-order chi connectivity index (χ0) is 36.6. The Morgan fingerprint density at radius 1 is 0.962 bits per heavy atom. The minimum atomic E-state index is -1.53. The molecular formula is C37H48N2O13. The normalized spacial score (nSPS) is 34.2. The van der Waals surface area contributed by atoms with Crippen LogP contribution in [0.1, 0.15) is 60.9 Å². The van der Waals surface area contributed by atoms with Gasteiger partial charge in [-0.15, -0.1) is 0 Å². The van der Waals surface area contributed by atoms with Gasteiger partial charge in [-0.05, 0) is 62.3 Å². The van der Waals surface area contributed by atoms with E-state index < -0.39 is 73.4 Å². The average Bonchev–Trinajstić information content (AvgIpc) is 4.10. The van der Waals surface area contributed by atoms with Crippen molar-refractivity contribution in [2.45, 2.75) is 106 Å². The highest BCUT2D eigenvalue weighted by Gasteiger charge is 2.64. The largest absolute Gasteiger partial charge is 0.456 e. The zero-order valence-electron chi connectivity index (χ0n) is 28.8. The fraction of sp³-hybridized carbons (Fsp3) is 0.649. The average molecular weight is 729 g/mol. The zero-order valence-corrected chi connectivity index (χ0v) is 28.8. The number of aliphatic hydroxyl groups excluding tert-OH is 5. The second-order valence-corrected chi connectivity index (χ2v) is 14.5. The number of benzene rings is 1. The molecule has 3 saturated heterocycles. The Morgan fingerprint density at radius 2 is 1.69 bits per heavy atom. The summed E-state index contributed by atoms with van der Waals surface area (Å²) in [7, 11) is 0. The Bertz CT molecular complexity index is 1510. The summed E-state index contributed by atoms with van der Waals surface area (Å²) in [5, 5.41) is 51.2. The summed E-state index contributed by atoms with van der Waals surface area (Å²) in [6, 6.07) is 6.02. The van der Waals surface area contributed by atoms with Gasteiger partial charge in [0.05, 0.1) is 25.4 Å². The summed E-state index contributed by atoms with van der Waals surface area (Å²) >= 11 is 0. The van der Waals surface area contributed by atoms with Crippen molar-refractivity contribution >= 4 is 23.9 Å². The van der Waals surface area contributed by atoms with Gasteiger partial charge in [0.25, 0.3) is 0 Å². The van der Waals surface area contributed by atoms with E-state index in [2.05, 4.69) is 5.32 Å². The van der Waals surface area contributed by atoms with Crippen LogP contribution in [-0.4, -0.2) is 142 Å². The van der Waals surface area contributed by atoms with Crippen LogP contribution < -0.4 is 5.32 Å². The third-order valence-corrected chi connectivity index (χ3v) is 10.8. The van der Waals surface area contributed by atoms with Gasteiger partial charge in [-0.2, -0.15) is 0 Å². The SMILES string of the molecule is O=C(OC1CC(C(=O)N2CCCC2C(=O)NCCO)=CC2OC(C3CC3)(C3CC3)OC21)c1ccc(C=CCOC2OC(CO)C(O)C(O)C2O)cc1. The molecule has 7 rings (SSSR count). The maximum Gasteiger partial charge on any atom is 0.338 e. The maximum atomic E-state index is 14.0. The first-order valence-corrected chi connectivity index (χ1v) is 18.3. The number of nitrogens with zero attached hydrogens (tertiary/aromatic N) is 1. The molecule has 9 unspecified atom stereocenters. The Balaban J connectivity index is 1.01. The third-order valence-electron chi connectivity index (χ3n) is 10.8. The number of ether oxygens (including phenoxy) is 5. The monoisotopic (exact) mass is 728 g/mol. The summed E-state index contributed by atoms with van der Waals surface area (Å²) in [4.78, 5) is 41.9. The summed E-state index contributed by atoms with van der Waals surface area (Å²) in [6.07, 6.45) is 1.65. The molecule has 6 N–H and O–H groups in total. The number of fused-ring (bicyclic) bond motifs is 1. The summed E-state index contributed by atoms with van der Waals surface area (Å²) in [5.41, 5.74) is 1.44. The van der Waals surface area contributed by atoms with Crippen LogP contribution in [0.15, 0.2) is 42.0 Å². The van der Waals surface area contributed by atoms with E-state index in [-0.39, 0.29) is 49.8 Å². The summed E-state index contributed by atoms with van der Waals surface area (Å²) in [5.74, 6) is -1.42. The molecule has 0 aromatic heterocycles. The van der Waals surface area contributed by atoms with Crippen molar-refractivity contribution in [3.05, 3.63) is 53.1 Å². The number of likely N-dealkylation sites (tertiary alicyclic amines) is 1. The molecule has 3 aliphatic heterocycles. The Labute approximate surface area is 301 Å². The first kappa shape index (κ1) is 37.1. The van der Waals surface area contributed by atoms with Crippen molar-refractivity contribution in [2.75, 3.05) is 32.9 Å². The lowest BCUT2D eigenvalue weighted by Crippen LogP contribution is -2.59. The third kappa shape index (κ3) is 7.56. The minimum Gasteiger partial charge on any atom is -0.456 e. The van der Waals surface area contributed by atoms with Gasteiger partial charge in [-0.25, -0.2) is 4.79 Å². The second kappa shape index (κ2) is 15.6. The van der Waals surface area contributed by atoms with E-state index in [1.54, 1.807) is 47.4 Å². The molecule has 2 amide bonds. The van der Waals surface area contributed by atoms with E-state index in [4.69, 9.17) is 28.8 Å². The number of esters is 1. The van der Waals surface area contributed by atoms with Crippen molar-refractivity contribution in [1.82, 2.24) is 10.2 Å². The molecule has 0 bridgehead atoms. The van der Waals surface area contributed by atoms with Gasteiger partial charge in [0.2, 0.25) is 11.8 Å². The van der Waals surface area contributed by atoms with Gasteiger partial charge in [0, 0.05) is 36.9 Å². The lowest BCUT2D eigenvalue weighted by Gasteiger charge is -2.39. The number of carbonyl (C=O) groups is 3. The molecule has 3 aliphatic carbocycles. The molecule has 0 spiro atoms. The van der Waals surface area contributed by atoms with Crippen LogP contribution in [0.4, 0.5) is 0 Å².